The molecule has 3 nitrogen and oxygen atoms in total. The van der Waals surface area contributed by atoms with Crippen molar-refractivity contribution in [2.75, 3.05) is 0 Å². The zero-order valence-corrected chi connectivity index (χ0v) is 14.8. The molecule has 0 aliphatic carbocycles. The number of thioether (sulfide) groups is 1. The van der Waals surface area contributed by atoms with Gasteiger partial charge in [0, 0.05) is 21.4 Å². The average Bonchev–Trinajstić information content (AvgIpc) is 3.20. The minimum atomic E-state index is 0.840. The summed E-state index contributed by atoms with van der Waals surface area (Å²) in [5, 5.41) is 5.38. The molecule has 0 atom stereocenters. The largest absolute Gasteiger partial charge is 0.246 e. The lowest BCUT2D eigenvalue weighted by atomic mass is 10.2. The number of rotatable bonds is 4. The highest BCUT2D eigenvalue weighted by atomic mass is 32.2. The Morgan fingerprint density at radius 3 is 2.78 bits per heavy atom. The summed E-state index contributed by atoms with van der Waals surface area (Å²) in [5.74, 6) is 0.840. The molecule has 1 aromatic carbocycles. The molecule has 0 amide bonds. The normalized spacial score (nSPS) is 11.2. The Labute approximate surface area is 146 Å². The molecule has 3 aromatic heterocycles. The number of hydrogen-bond donors (Lipinski definition) is 0. The zero-order valence-electron chi connectivity index (χ0n) is 12.4. The number of benzene rings is 1. The number of hydrogen-bond acceptors (Lipinski definition) is 6. The van der Waals surface area contributed by atoms with Crippen LogP contribution in [0, 0.1) is 6.92 Å². The van der Waals surface area contributed by atoms with Crippen LogP contribution in [0.3, 0.4) is 0 Å². The third-order valence-corrected chi connectivity index (χ3v) is 6.33. The Bertz CT molecular complexity index is 944. The first-order valence-electron chi connectivity index (χ1n) is 7.13. The number of aryl methyl sites for hydroxylation is 1. The Morgan fingerprint density at radius 2 is 2.00 bits per heavy atom. The SMILES string of the molecule is Cc1nc(CSc2ncnc3sc(-c4ccccc4)cc23)cs1. The van der Waals surface area contributed by atoms with Crippen molar-refractivity contribution in [1.29, 1.82) is 0 Å². The van der Waals surface area contributed by atoms with Gasteiger partial charge < -0.3 is 0 Å². The predicted molar refractivity (Wildman–Crippen MR) is 99.3 cm³/mol. The van der Waals surface area contributed by atoms with Gasteiger partial charge >= 0.3 is 0 Å². The maximum Gasteiger partial charge on any atom is 0.128 e. The quantitative estimate of drug-likeness (QED) is 0.362. The first kappa shape index (κ1) is 14.8. The molecule has 0 N–H and O–H groups in total. The van der Waals surface area contributed by atoms with E-state index in [4.69, 9.17) is 0 Å². The van der Waals surface area contributed by atoms with Crippen LogP contribution in [0.25, 0.3) is 20.7 Å². The number of thiophene rings is 1. The van der Waals surface area contributed by atoms with E-state index in [9.17, 15) is 0 Å². The van der Waals surface area contributed by atoms with Crippen molar-refractivity contribution in [2.45, 2.75) is 17.7 Å². The van der Waals surface area contributed by atoms with Crippen molar-refractivity contribution in [3.05, 3.63) is 58.8 Å². The van der Waals surface area contributed by atoms with Crippen molar-refractivity contribution in [3.8, 4) is 10.4 Å². The highest BCUT2D eigenvalue weighted by Crippen LogP contribution is 2.36. The molecule has 23 heavy (non-hydrogen) atoms. The van der Waals surface area contributed by atoms with Crippen molar-refractivity contribution in [2.24, 2.45) is 0 Å². The van der Waals surface area contributed by atoms with E-state index < -0.39 is 0 Å². The molecule has 4 rings (SSSR count). The summed E-state index contributed by atoms with van der Waals surface area (Å²) in [7, 11) is 0. The van der Waals surface area contributed by atoms with Gasteiger partial charge in [-0.2, -0.15) is 0 Å². The maximum atomic E-state index is 4.52. The van der Waals surface area contributed by atoms with Crippen LogP contribution in [0.1, 0.15) is 10.7 Å². The highest BCUT2D eigenvalue weighted by Gasteiger charge is 2.11. The minimum Gasteiger partial charge on any atom is -0.246 e. The Hall–Kier alpha value is -1.76. The first-order chi connectivity index (χ1) is 11.3. The standard InChI is InChI=1S/C17H13N3S3/c1-11-20-13(8-21-11)9-22-16-14-7-15(12-5-3-2-4-6-12)23-17(14)19-10-18-16/h2-8,10H,9H2,1H3. The van der Waals surface area contributed by atoms with Crippen LogP contribution in [0.4, 0.5) is 0 Å². The Morgan fingerprint density at radius 1 is 1.13 bits per heavy atom. The summed E-state index contributed by atoms with van der Waals surface area (Å²) < 4.78 is 0. The number of nitrogens with zero attached hydrogens (tertiary/aromatic N) is 3. The van der Waals surface area contributed by atoms with E-state index in [0.29, 0.717) is 0 Å². The van der Waals surface area contributed by atoms with Crippen LogP contribution in [0.15, 0.2) is 53.1 Å². The summed E-state index contributed by atoms with van der Waals surface area (Å²) in [5.41, 5.74) is 2.34. The fourth-order valence-corrected chi connectivity index (χ4v) is 4.96. The van der Waals surface area contributed by atoms with Crippen LogP contribution in [-0.2, 0) is 5.75 Å². The molecule has 3 heterocycles. The topological polar surface area (TPSA) is 38.7 Å². The molecule has 0 saturated carbocycles. The van der Waals surface area contributed by atoms with Gasteiger partial charge in [0.05, 0.1) is 10.7 Å². The number of thiazole rings is 1. The molecule has 0 aliphatic heterocycles. The fourth-order valence-electron chi connectivity index (χ4n) is 2.31. The van der Waals surface area contributed by atoms with Gasteiger partial charge in [-0.05, 0) is 18.6 Å². The molecule has 114 valence electrons. The maximum absolute atomic E-state index is 4.52. The van der Waals surface area contributed by atoms with E-state index in [0.717, 1.165) is 31.7 Å². The van der Waals surface area contributed by atoms with Crippen molar-refractivity contribution in [1.82, 2.24) is 15.0 Å². The second kappa shape index (κ2) is 6.39. The van der Waals surface area contributed by atoms with Crippen LogP contribution < -0.4 is 0 Å². The fraction of sp³-hybridized carbons (Fsp3) is 0.118. The van der Waals surface area contributed by atoms with Gasteiger partial charge in [-0.25, -0.2) is 15.0 Å². The molecule has 0 unspecified atom stereocenters. The van der Waals surface area contributed by atoms with Gasteiger partial charge in [0.15, 0.2) is 0 Å². The van der Waals surface area contributed by atoms with Crippen LogP contribution in [-0.4, -0.2) is 15.0 Å². The van der Waals surface area contributed by atoms with E-state index in [1.165, 1.54) is 10.4 Å². The zero-order chi connectivity index (χ0) is 15.6. The monoisotopic (exact) mass is 355 g/mol. The van der Waals surface area contributed by atoms with E-state index >= 15 is 0 Å². The van der Waals surface area contributed by atoms with Gasteiger partial charge in [-0.3, -0.25) is 0 Å². The van der Waals surface area contributed by atoms with Gasteiger partial charge in [0.2, 0.25) is 0 Å². The summed E-state index contributed by atoms with van der Waals surface area (Å²) in [6, 6.07) is 12.6. The minimum absolute atomic E-state index is 0.840. The summed E-state index contributed by atoms with van der Waals surface area (Å²) in [6.45, 7) is 2.03. The van der Waals surface area contributed by atoms with E-state index in [-0.39, 0.29) is 0 Å². The molecule has 6 heteroatoms. The molecular formula is C17H13N3S3. The predicted octanol–water partition coefficient (Wildman–Crippen LogP) is 5.42. The third-order valence-electron chi connectivity index (χ3n) is 3.37. The van der Waals surface area contributed by atoms with Gasteiger partial charge in [0.25, 0.3) is 0 Å². The molecule has 0 saturated heterocycles. The smallest absolute Gasteiger partial charge is 0.128 e. The molecule has 0 radical (unpaired) electrons. The van der Waals surface area contributed by atoms with E-state index in [1.807, 2.05) is 13.0 Å². The van der Waals surface area contributed by atoms with Crippen molar-refractivity contribution < 1.29 is 0 Å². The molecule has 4 aromatic rings. The third kappa shape index (κ3) is 3.15. The second-order valence-electron chi connectivity index (χ2n) is 5.02. The lowest BCUT2D eigenvalue weighted by Gasteiger charge is -1.99. The van der Waals surface area contributed by atoms with Gasteiger partial charge in [0.1, 0.15) is 16.2 Å². The first-order valence-corrected chi connectivity index (χ1v) is 9.81. The average molecular weight is 356 g/mol. The lowest BCUT2D eigenvalue weighted by molar-refractivity contribution is 1.10. The van der Waals surface area contributed by atoms with Crippen LogP contribution >= 0.6 is 34.4 Å². The molecule has 0 fully saturated rings. The second-order valence-corrected chi connectivity index (χ2v) is 8.08. The molecule has 0 spiro atoms. The summed E-state index contributed by atoms with van der Waals surface area (Å²) in [6.07, 6.45) is 1.65. The van der Waals surface area contributed by atoms with E-state index in [1.54, 1.807) is 40.8 Å². The van der Waals surface area contributed by atoms with Crippen molar-refractivity contribution in [3.63, 3.8) is 0 Å². The highest BCUT2D eigenvalue weighted by molar-refractivity contribution is 7.98. The summed E-state index contributed by atoms with van der Waals surface area (Å²) >= 11 is 5.13. The van der Waals surface area contributed by atoms with Gasteiger partial charge in [-0.1, -0.05) is 42.1 Å². The van der Waals surface area contributed by atoms with E-state index in [2.05, 4.69) is 50.7 Å². The van der Waals surface area contributed by atoms with Crippen molar-refractivity contribution >= 4 is 44.7 Å². The number of aromatic nitrogens is 3. The van der Waals surface area contributed by atoms with Gasteiger partial charge in [-0.15, -0.1) is 22.7 Å². The summed E-state index contributed by atoms with van der Waals surface area (Å²) in [4.78, 5) is 15.7. The lowest BCUT2D eigenvalue weighted by Crippen LogP contribution is -1.85. The molecule has 0 bridgehead atoms. The Balaban J connectivity index is 1.66. The molecule has 0 aliphatic rings. The van der Waals surface area contributed by atoms with Crippen LogP contribution in [0.2, 0.25) is 0 Å². The molecular weight excluding hydrogens is 342 g/mol. The Kier molecular flexibility index (Phi) is 4.11. The van der Waals surface area contributed by atoms with Crippen LogP contribution in [0.5, 0.6) is 0 Å². The number of fused-ring (bicyclic) bond motifs is 1.